The van der Waals surface area contributed by atoms with Crippen LogP contribution in [0.15, 0.2) is 24.3 Å². The first-order valence-electron chi connectivity index (χ1n) is 5.60. The van der Waals surface area contributed by atoms with Crippen molar-refractivity contribution in [3.05, 3.63) is 29.8 Å². The van der Waals surface area contributed by atoms with Gasteiger partial charge in [0.15, 0.2) is 0 Å². The van der Waals surface area contributed by atoms with Gasteiger partial charge in [-0.1, -0.05) is 12.1 Å². The number of benzene rings is 1. The topological polar surface area (TPSA) is 66.8 Å². The van der Waals surface area contributed by atoms with Gasteiger partial charge in [-0.2, -0.15) is 0 Å². The molecule has 0 saturated carbocycles. The monoisotopic (exact) mass is 291 g/mol. The minimum Gasteiger partial charge on any atom is -0.480 e. The zero-order chi connectivity index (χ0) is 15.3. The lowest BCUT2D eigenvalue weighted by Gasteiger charge is -2.20. The van der Waals surface area contributed by atoms with Crippen molar-refractivity contribution in [2.75, 3.05) is 13.1 Å². The van der Waals surface area contributed by atoms with Crippen LogP contribution in [0.2, 0.25) is 0 Å². The van der Waals surface area contributed by atoms with Crippen LogP contribution in [0.1, 0.15) is 17.3 Å². The quantitative estimate of drug-likeness (QED) is 0.902. The van der Waals surface area contributed by atoms with Crippen molar-refractivity contribution in [3.8, 4) is 5.75 Å². The molecule has 0 aliphatic carbocycles. The molecule has 0 aliphatic heterocycles. The molecule has 0 heterocycles. The highest BCUT2D eigenvalue weighted by Crippen LogP contribution is 2.27. The predicted octanol–water partition coefficient (Wildman–Crippen LogP) is 2.13. The van der Waals surface area contributed by atoms with Crippen LogP contribution in [-0.4, -0.2) is 41.3 Å². The lowest BCUT2D eigenvalue weighted by Crippen LogP contribution is -2.36. The Bertz CT molecular complexity index is 502. The fourth-order valence-electron chi connectivity index (χ4n) is 1.52. The van der Waals surface area contributed by atoms with Gasteiger partial charge >= 0.3 is 12.3 Å². The summed E-state index contributed by atoms with van der Waals surface area (Å²) < 4.78 is 40.5. The zero-order valence-electron chi connectivity index (χ0n) is 10.5. The van der Waals surface area contributed by atoms with Gasteiger partial charge in [0.1, 0.15) is 12.3 Å². The number of carbonyl (C=O) groups excluding carboxylic acids is 1. The van der Waals surface area contributed by atoms with Crippen LogP contribution in [0.5, 0.6) is 5.75 Å². The van der Waals surface area contributed by atoms with E-state index in [4.69, 9.17) is 5.11 Å². The predicted molar refractivity (Wildman–Crippen MR) is 62.3 cm³/mol. The molecule has 110 valence electrons. The van der Waals surface area contributed by atoms with E-state index in [-0.39, 0.29) is 12.1 Å². The minimum atomic E-state index is -4.93. The van der Waals surface area contributed by atoms with E-state index < -0.39 is 30.5 Å². The molecule has 0 fully saturated rings. The van der Waals surface area contributed by atoms with Gasteiger partial charge in [-0.25, -0.2) is 0 Å². The third-order valence-corrected chi connectivity index (χ3v) is 2.34. The largest absolute Gasteiger partial charge is 0.573 e. The molecule has 5 nitrogen and oxygen atoms in total. The van der Waals surface area contributed by atoms with Crippen molar-refractivity contribution in [3.63, 3.8) is 0 Å². The molecular weight excluding hydrogens is 279 g/mol. The fourth-order valence-corrected chi connectivity index (χ4v) is 1.52. The fraction of sp³-hybridized carbons (Fsp3) is 0.333. The van der Waals surface area contributed by atoms with Crippen LogP contribution >= 0.6 is 0 Å². The van der Waals surface area contributed by atoms with Crippen molar-refractivity contribution in [2.24, 2.45) is 0 Å². The summed E-state index contributed by atoms with van der Waals surface area (Å²) >= 11 is 0. The SMILES string of the molecule is CCN(CC(=O)O)C(=O)c1ccccc1OC(F)(F)F. The van der Waals surface area contributed by atoms with Gasteiger partial charge in [-0.15, -0.1) is 13.2 Å². The molecule has 0 saturated heterocycles. The standard InChI is InChI=1S/C12H12F3NO4/c1-2-16(7-10(17)18)11(19)8-5-3-4-6-9(8)20-12(13,14)15/h3-6H,2,7H2,1H3,(H,17,18). The Morgan fingerprint density at radius 3 is 2.40 bits per heavy atom. The molecule has 8 heteroatoms. The van der Waals surface area contributed by atoms with Crippen molar-refractivity contribution < 1.29 is 32.6 Å². The Kier molecular flexibility index (Phi) is 4.95. The van der Waals surface area contributed by atoms with Crippen LogP contribution in [0.3, 0.4) is 0 Å². The van der Waals surface area contributed by atoms with E-state index >= 15 is 0 Å². The van der Waals surface area contributed by atoms with Crippen LogP contribution in [0, 0.1) is 0 Å². The molecule has 1 amide bonds. The maximum absolute atomic E-state index is 12.2. The number of alkyl halides is 3. The smallest absolute Gasteiger partial charge is 0.480 e. The molecule has 0 aromatic heterocycles. The van der Waals surface area contributed by atoms with E-state index in [1.165, 1.54) is 19.1 Å². The summed E-state index contributed by atoms with van der Waals surface area (Å²) in [5, 5.41) is 8.66. The number of carboxylic acids is 1. The van der Waals surface area contributed by atoms with Gasteiger partial charge in [0.25, 0.3) is 5.91 Å². The van der Waals surface area contributed by atoms with Gasteiger partial charge in [0, 0.05) is 6.54 Å². The van der Waals surface area contributed by atoms with E-state index in [0.717, 1.165) is 17.0 Å². The maximum Gasteiger partial charge on any atom is 0.573 e. The Balaban J connectivity index is 3.05. The van der Waals surface area contributed by atoms with Gasteiger partial charge in [0.05, 0.1) is 5.56 Å². The number of ether oxygens (including phenoxy) is 1. The Hall–Kier alpha value is -2.25. The molecule has 1 aromatic carbocycles. The highest BCUT2D eigenvalue weighted by Gasteiger charge is 2.33. The van der Waals surface area contributed by atoms with Crippen LogP contribution in [0.25, 0.3) is 0 Å². The summed E-state index contributed by atoms with van der Waals surface area (Å²) in [6, 6.07) is 4.79. The number of aliphatic carboxylic acids is 1. The number of rotatable bonds is 5. The second kappa shape index (κ2) is 6.27. The highest BCUT2D eigenvalue weighted by molar-refractivity contribution is 5.98. The molecule has 0 bridgehead atoms. The van der Waals surface area contributed by atoms with E-state index in [1.807, 2.05) is 0 Å². The third-order valence-electron chi connectivity index (χ3n) is 2.34. The second-order valence-electron chi connectivity index (χ2n) is 3.76. The molecule has 0 radical (unpaired) electrons. The first kappa shape index (κ1) is 15.8. The molecule has 0 unspecified atom stereocenters. The minimum absolute atomic E-state index is 0.0471. The first-order chi connectivity index (χ1) is 9.24. The normalized spacial score (nSPS) is 11.0. The van der Waals surface area contributed by atoms with Crippen molar-refractivity contribution in [2.45, 2.75) is 13.3 Å². The Morgan fingerprint density at radius 2 is 1.90 bits per heavy atom. The Labute approximate surface area is 112 Å². The summed E-state index contributed by atoms with van der Waals surface area (Å²) in [6.07, 6.45) is -4.93. The highest BCUT2D eigenvalue weighted by atomic mass is 19.4. The number of para-hydroxylation sites is 1. The number of likely N-dealkylation sites (N-methyl/N-ethyl adjacent to an activating group) is 1. The molecule has 0 spiro atoms. The molecule has 1 aromatic rings. The molecular formula is C12H12F3NO4. The van der Waals surface area contributed by atoms with Crippen molar-refractivity contribution >= 4 is 11.9 Å². The third kappa shape index (κ3) is 4.45. The average Bonchev–Trinajstić information content (AvgIpc) is 2.33. The van der Waals surface area contributed by atoms with Crippen LogP contribution in [0.4, 0.5) is 13.2 Å². The summed E-state index contributed by atoms with van der Waals surface area (Å²) in [4.78, 5) is 23.5. The van der Waals surface area contributed by atoms with E-state index in [1.54, 1.807) is 0 Å². The van der Waals surface area contributed by atoms with Crippen molar-refractivity contribution in [1.29, 1.82) is 0 Å². The molecule has 1 N–H and O–H groups in total. The summed E-state index contributed by atoms with van der Waals surface area (Å²) in [5.41, 5.74) is -0.340. The van der Waals surface area contributed by atoms with Gasteiger partial charge < -0.3 is 14.7 Å². The van der Waals surface area contributed by atoms with Crippen LogP contribution < -0.4 is 4.74 Å². The molecule has 1 rings (SSSR count). The summed E-state index contributed by atoms with van der Waals surface area (Å²) in [7, 11) is 0. The average molecular weight is 291 g/mol. The molecule has 0 atom stereocenters. The van der Waals surface area contributed by atoms with E-state index in [9.17, 15) is 22.8 Å². The van der Waals surface area contributed by atoms with Crippen LogP contribution in [-0.2, 0) is 4.79 Å². The zero-order valence-corrected chi connectivity index (χ0v) is 10.5. The van der Waals surface area contributed by atoms with Gasteiger partial charge in [-0.3, -0.25) is 9.59 Å². The molecule has 20 heavy (non-hydrogen) atoms. The second-order valence-corrected chi connectivity index (χ2v) is 3.76. The van der Waals surface area contributed by atoms with E-state index in [0.29, 0.717) is 0 Å². The summed E-state index contributed by atoms with van der Waals surface area (Å²) in [6.45, 7) is 0.967. The van der Waals surface area contributed by atoms with Gasteiger partial charge in [-0.05, 0) is 19.1 Å². The number of nitrogens with zero attached hydrogens (tertiary/aromatic N) is 1. The van der Waals surface area contributed by atoms with Gasteiger partial charge in [0.2, 0.25) is 0 Å². The number of amides is 1. The van der Waals surface area contributed by atoms with Crippen molar-refractivity contribution in [1.82, 2.24) is 4.90 Å². The number of carboxylic acid groups (broad SMARTS) is 1. The first-order valence-corrected chi connectivity index (χ1v) is 5.60. The summed E-state index contributed by atoms with van der Waals surface area (Å²) in [5.74, 6) is -2.75. The lowest BCUT2D eigenvalue weighted by atomic mass is 10.1. The Morgan fingerprint density at radius 1 is 1.30 bits per heavy atom. The number of halogens is 3. The molecule has 0 aliphatic rings. The lowest BCUT2D eigenvalue weighted by molar-refractivity contribution is -0.274. The number of carbonyl (C=O) groups is 2. The van der Waals surface area contributed by atoms with E-state index in [2.05, 4.69) is 4.74 Å². The number of hydrogen-bond donors (Lipinski definition) is 1. The maximum atomic E-state index is 12.2. The number of hydrogen-bond acceptors (Lipinski definition) is 3.